The zero-order valence-corrected chi connectivity index (χ0v) is 15.5. The van der Waals surface area contributed by atoms with E-state index >= 15 is 0 Å². The molecule has 0 aromatic heterocycles. The minimum absolute atomic E-state index is 0.0307. The molecule has 3 nitrogen and oxygen atoms in total. The van der Waals surface area contributed by atoms with Gasteiger partial charge in [0.05, 0.1) is 12.4 Å². The lowest BCUT2D eigenvalue weighted by Crippen LogP contribution is -2.00. The second kappa shape index (κ2) is 11.0. The highest BCUT2D eigenvalue weighted by atomic mass is 19.1. The van der Waals surface area contributed by atoms with Crippen molar-refractivity contribution in [2.45, 2.75) is 32.6 Å². The fraction of sp³-hybridized carbons (Fsp3) is 0.273. The van der Waals surface area contributed by atoms with Gasteiger partial charge in [-0.05, 0) is 36.1 Å². The third-order valence-electron chi connectivity index (χ3n) is 3.90. The van der Waals surface area contributed by atoms with E-state index in [2.05, 4.69) is 35.8 Å². The highest BCUT2D eigenvalue weighted by Crippen LogP contribution is 2.22. The van der Waals surface area contributed by atoms with Crippen LogP contribution in [0.5, 0.6) is 5.75 Å². The van der Waals surface area contributed by atoms with Gasteiger partial charge in [0.2, 0.25) is 0 Å². The van der Waals surface area contributed by atoms with Crippen LogP contribution < -0.4 is 4.74 Å². The molecule has 0 radical (unpaired) electrons. The summed E-state index contributed by atoms with van der Waals surface area (Å²) in [6.07, 6.45) is 9.02. The van der Waals surface area contributed by atoms with Crippen molar-refractivity contribution in [3.05, 3.63) is 77.4 Å². The molecular weight excluding hydrogens is 346 g/mol. The minimum atomic E-state index is -0.791. The fourth-order valence-corrected chi connectivity index (χ4v) is 2.48. The van der Waals surface area contributed by atoms with E-state index in [9.17, 15) is 8.78 Å². The number of nitrogens with zero attached hydrogens (tertiary/aromatic N) is 2. The van der Waals surface area contributed by atoms with Gasteiger partial charge in [-0.3, -0.25) is 0 Å². The summed E-state index contributed by atoms with van der Waals surface area (Å²) in [5, 5.41) is 7.78. The maximum Gasteiger partial charge on any atom is 0.191 e. The largest absolute Gasteiger partial charge is 0.483 e. The molecule has 0 fully saturated rings. The van der Waals surface area contributed by atoms with Crippen molar-refractivity contribution in [1.82, 2.24) is 0 Å². The zero-order valence-electron chi connectivity index (χ0n) is 15.5. The van der Waals surface area contributed by atoms with Crippen LogP contribution in [0, 0.1) is 11.6 Å². The van der Waals surface area contributed by atoms with Gasteiger partial charge in [0, 0.05) is 5.56 Å². The van der Waals surface area contributed by atoms with Crippen molar-refractivity contribution >= 4 is 12.4 Å². The molecule has 0 spiro atoms. The van der Waals surface area contributed by atoms with Crippen molar-refractivity contribution in [2.24, 2.45) is 10.2 Å². The lowest BCUT2D eigenvalue weighted by Gasteiger charge is -2.06. The zero-order chi connectivity index (χ0) is 19.5. The first-order chi connectivity index (χ1) is 13.1. The van der Waals surface area contributed by atoms with Gasteiger partial charge in [-0.1, -0.05) is 56.7 Å². The molecule has 2 rings (SSSR count). The van der Waals surface area contributed by atoms with Gasteiger partial charge in [-0.2, -0.15) is 10.2 Å². The summed E-state index contributed by atoms with van der Waals surface area (Å²) in [6, 6.07) is 10.4. The highest BCUT2D eigenvalue weighted by Gasteiger charge is 2.11. The predicted molar refractivity (Wildman–Crippen MR) is 107 cm³/mol. The summed E-state index contributed by atoms with van der Waals surface area (Å²) in [6.45, 7) is 5.66. The Balaban J connectivity index is 1.95. The number of halogens is 2. The van der Waals surface area contributed by atoms with E-state index in [0.29, 0.717) is 0 Å². The average molecular weight is 370 g/mol. The standard InChI is InChI=1S/C22H24F2N2O/c1-3-5-6-7-17-8-10-18(11-9-17)15-25-26-16-19-13-20(23)22(21(24)14-19)27-12-4-2/h4,8-11,13-16H,2-3,5-7,12H2,1H3. The summed E-state index contributed by atoms with van der Waals surface area (Å²) in [5.74, 6) is -2.00. The molecule has 142 valence electrons. The molecule has 0 heterocycles. The second-order valence-corrected chi connectivity index (χ2v) is 6.10. The quantitative estimate of drug-likeness (QED) is 0.228. The number of hydrogen-bond donors (Lipinski definition) is 0. The van der Waals surface area contributed by atoms with Gasteiger partial charge < -0.3 is 4.74 Å². The van der Waals surface area contributed by atoms with Gasteiger partial charge >= 0.3 is 0 Å². The summed E-state index contributed by atoms with van der Waals surface area (Å²) < 4.78 is 32.7. The molecule has 0 atom stereocenters. The normalized spacial score (nSPS) is 11.4. The molecule has 0 amide bonds. The van der Waals surface area contributed by atoms with E-state index in [1.165, 1.54) is 37.1 Å². The fourth-order valence-electron chi connectivity index (χ4n) is 2.48. The first kappa shape index (κ1) is 20.5. The first-order valence-electron chi connectivity index (χ1n) is 9.02. The van der Waals surface area contributed by atoms with Crippen molar-refractivity contribution < 1.29 is 13.5 Å². The van der Waals surface area contributed by atoms with Crippen LogP contribution in [-0.4, -0.2) is 19.0 Å². The molecule has 0 aliphatic heterocycles. The van der Waals surface area contributed by atoms with Crippen LogP contribution in [0.15, 0.2) is 59.3 Å². The molecule has 2 aromatic rings. The Morgan fingerprint density at radius 3 is 2.19 bits per heavy atom. The Morgan fingerprint density at radius 2 is 1.59 bits per heavy atom. The van der Waals surface area contributed by atoms with Crippen LogP contribution in [-0.2, 0) is 6.42 Å². The monoisotopic (exact) mass is 370 g/mol. The Hall–Kier alpha value is -2.82. The van der Waals surface area contributed by atoms with Gasteiger partial charge in [-0.25, -0.2) is 8.78 Å². The Kier molecular flexibility index (Phi) is 8.36. The van der Waals surface area contributed by atoms with Crippen molar-refractivity contribution in [3.63, 3.8) is 0 Å². The van der Waals surface area contributed by atoms with Crippen molar-refractivity contribution in [1.29, 1.82) is 0 Å². The molecule has 0 saturated carbocycles. The molecule has 0 bridgehead atoms. The number of aryl methyl sites for hydroxylation is 1. The highest BCUT2D eigenvalue weighted by molar-refractivity contribution is 5.82. The van der Waals surface area contributed by atoms with Crippen molar-refractivity contribution in [3.8, 4) is 5.75 Å². The van der Waals surface area contributed by atoms with Gasteiger partial charge in [0.1, 0.15) is 6.61 Å². The van der Waals surface area contributed by atoms with E-state index < -0.39 is 17.4 Å². The maximum atomic E-state index is 13.9. The molecule has 27 heavy (non-hydrogen) atoms. The molecule has 5 heteroatoms. The lowest BCUT2D eigenvalue weighted by molar-refractivity contribution is 0.321. The smallest absolute Gasteiger partial charge is 0.191 e. The number of benzene rings is 2. The van der Waals surface area contributed by atoms with Gasteiger partial charge in [0.25, 0.3) is 0 Å². The summed E-state index contributed by atoms with van der Waals surface area (Å²) >= 11 is 0. The molecule has 0 N–H and O–H groups in total. The number of hydrogen-bond acceptors (Lipinski definition) is 3. The lowest BCUT2D eigenvalue weighted by atomic mass is 10.1. The van der Waals surface area contributed by atoms with E-state index in [1.54, 1.807) is 6.21 Å². The van der Waals surface area contributed by atoms with Crippen LogP contribution in [0.1, 0.15) is 42.9 Å². The predicted octanol–water partition coefficient (Wildman–Crippen LogP) is 5.72. The van der Waals surface area contributed by atoms with Crippen LogP contribution in [0.25, 0.3) is 0 Å². The van der Waals surface area contributed by atoms with E-state index in [-0.39, 0.29) is 12.2 Å². The van der Waals surface area contributed by atoms with Crippen molar-refractivity contribution in [2.75, 3.05) is 6.61 Å². The molecule has 0 aliphatic carbocycles. The van der Waals surface area contributed by atoms with Crippen LogP contribution in [0.4, 0.5) is 8.78 Å². The molecule has 0 saturated heterocycles. The van der Waals surface area contributed by atoms with E-state index in [1.807, 2.05) is 12.1 Å². The Bertz CT molecular complexity index is 775. The first-order valence-corrected chi connectivity index (χ1v) is 9.02. The number of unbranched alkanes of at least 4 members (excludes halogenated alkanes) is 2. The van der Waals surface area contributed by atoms with Crippen LogP contribution in [0.3, 0.4) is 0 Å². The van der Waals surface area contributed by atoms with Crippen LogP contribution in [0.2, 0.25) is 0 Å². The minimum Gasteiger partial charge on any atom is -0.483 e. The average Bonchev–Trinajstić information content (AvgIpc) is 2.66. The Labute approximate surface area is 159 Å². The number of ether oxygens (including phenoxy) is 1. The second-order valence-electron chi connectivity index (χ2n) is 6.10. The third-order valence-corrected chi connectivity index (χ3v) is 3.90. The summed E-state index contributed by atoms with van der Waals surface area (Å²) in [5.41, 5.74) is 2.48. The molecular formula is C22H24F2N2O. The number of rotatable bonds is 10. The van der Waals surface area contributed by atoms with Gasteiger partial charge in [0.15, 0.2) is 17.4 Å². The Morgan fingerprint density at radius 1 is 0.963 bits per heavy atom. The molecule has 0 unspecified atom stereocenters. The summed E-state index contributed by atoms with van der Waals surface area (Å²) in [7, 11) is 0. The summed E-state index contributed by atoms with van der Waals surface area (Å²) in [4.78, 5) is 0. The maximum absolute atomic E-state index is 13.9. The van der Waals surface area contributed by atoms with E-state index in [4.69, 9.17) is 4.74 Å². The van der Waals surface area contributed by atoms with E-state index in [0.717, 1.165) is 24.1 Å². The third kappa shape index (κ3) is 6.77. The molecule has 0 aliphatic rings. The topological polar surface area (TPSA) is 34.0 Å². The van der Waals surface area contributed by atoms with Crippen LogP contribution >= 0.6 is 0 Å². The molecule has 2 aromatic carbocycles. The SMILES string of the molecule is C=CCOc1c(F)cc(C=NN=Cc2ccc(CCCCC)cc2)cc1F. The van der Waals surface area contributed by atoms with Gasteiger partial charge in [-0.15, -0.1) is 0 Å².